The zero-order chi connectivity index (χ0) is 14.4. The van der Waals surface area contributed by atoms with Gasteiger partial charge in [-0.2, -0.15) is 0 Å². The molecule has 2 heterocycles. The van der Waals surface area contributed by atoms with Gasteiger partial charge in [-0.05, 0) is 31.4 Å². The van der Waals surface area contributed by atoms with Crippen molar-refractivity contribution in [1.29, 1.82) is 0 Å². The van der Waals surface area contributed by atoms with Crippen molar-refractivity contribution in [2.45, 2.75) is 51.6 Å². The zero-order valence-corrected chi connectivity index (χ0v) is 14.4. The average Bonchev–Trinajstić information content (AvgIpc) is 2.90. The molecule has 2 aliphatic heterocycles. The molecule has 0 spiro atoms. The summed E-state index contributed by atoms with van der Waals surface area (Å²) in [6.45, 7) is 11.7. The van der Waals surface area contributed by atoms with Crippen LogP contribution in [0.25, 0.3) is 0 Å². The van der Waals surface area contributed by atoms with Gasteiger partial charge in [0.2, 0.25) is 0 Å². The number of hydrogen-bond acceptors (Lipinski definition) is 4. The monoisotopic (exact) mass is 300 g/mol. The standard InChI is InChI=1S/C16H32N2OS/c1-4-6-7-16(5-2)12-15(14-19-16)13-17-8-10-18(20-3)11-9-17/h15H,4-14H2,1-3H3. The van der Waals surface area contributed by atoms with Gasteiger partial charge in [0.05, 0.1) is 12.2 Å². The van der Waals surface area contributed by atoms with E-state index in [1.165, 1.54) is 64.8 Å². The Kier molecular flexibility index (Phi) is 6.66. The molecule has 118 valence electrons. The molecule has 2 atom stereocenters. The van der Waals surface area contributed by atoms with Crippen molar-refractivity contribution in [1.82, 2.24) is 9.21 Å². The van der Waals surface area contributed by atoms with Gasteiger partial charge in [0.25, 0.3) is 0 Å². The van der Waals surface area contributed by atoms with Gasteiger partial charge in [0.15, 0.2) is 0 Å². The first kappa shape index (κ1) is 16.6. The Hall–Kier alpha value is 0.230. The second-order valence-corrected chi connectivity index (χ2v) is 7.32. The maximum atomic E-state index is 6.25. The van der Waals surface area contributed by atoms with E-state index in [0.29, 0.717) is 0 Å². The molecule has 0 aliphatic carbocycles. The average molecular weight is 301 g/mol. The molecule has 0 aromatic carbocycles. The minimum absolute atomic E-state index is 0.210. The SMILES string of the molecule is CCCCC1(CC)CC(CN2CCN(SC)CC2)CO1. The van der Waals surface area contributed by atoms with Crippen molar-refractivity contribution >= 4 is 11.9 Å². The van der Waals surface area contributed by atoms with Crippen LogP contribution in [0, 0.1) is 5.92 Å². The fraction of sp³-hybridized carbons (Fsp3) is 1.00. The van der Waals surface area contributed by atoms with E-state index in [1.54, 1.807) is 0 Å². The molecule has 0 aromatic rings. The Morgan fingerprint density at radius 1 is 1.20 bits per heavy atom. The van der Waals surface area contributed by atoms with Gasteiger partial charge >= 0.3 is 0 Å². The highest BCUT2D eigenvalue weighted by Crippen LogP contribution is 2.37. The zero-order valence-electron chi connectivity index (χ0n) is 13.6. The minimum Gasteiger partial charge on any atom is -0.375 e. The summed E-state index contributed by atoms with van der Waals surface area (Å²) in [7, 11) is 0. The van der Waals surface area contributed by atoms with Crippen LogP contribution >= 0.6 is 11.9 Å². The molecule has 2 rings (SSSR count). The smallest absolute Gasteiger partial charge is 0.0684 e. The van der Waals surface area contributed by atoms with Gasteiger partial charge in [-0.3, -0.25) is 0 Å². The molecule has 20 heavy (non-hydrogen) atoms. The molecule has 2 unspecified atom stereocenters. The van der Waals surface area contributed by atoms with Crippen molar-refractivity contribution in [3.8, 4) is 0 Å². The Morgan fingerprint density at radius 3 is 2.55 bits per heavy atom. The van der Waals surface area contributed by atoms with Crippen molar-refractivity contribution in [2.75, 3.05) is 45.6 Å². The Balaban J connectivity index is 1.75. The molecular weight excluding hydrogens is 268 g/mol. The first-order valence-corrected chi connectivity index (χ1v) is 9.55. The molecule has 0 radical (unpaired) electrons. The summed E-state index contributed by atoms with van der Waals surface area (Å²) in [6, 6.07) is 0. The summed E-state index contributed by atoms with van der Waals surface area (Å²) in [5.41, 5.74) is 0.210. The molecule has 0 saturated carbocycles. The molecule has 4 heteroatoms. The molecule has 0 N–H and O–H groups in total. The largest absolute Gasteiger partial charge is 0.375 e. The number of piperazine rings is 1. The number of rotatable bonds is 7. The van der Waals surface area contributed by atoms with E-state index in [4.69, 9.17) is 4.74 Å². The first-order chi connectivity index (χ1) is 9.71. The quantitative estimate of drug-likeness (QED) is 0.670. The summed E-state index contributed by atoms with van der Waals surface area (Å²) in [4.78, 5) is 2.65. The van der Waals surface area contributed by atoms with Crippen molar-refractivity contribution in [2.24, 2.45) is 5.92 Å². The first-order valence-electron chi connectivity index (χ1n) is 8.36. The number of unbranched alkanes of at least 4 members (excludes halogenated alkanes) is 1. The molecule has 0 bridgehead atoms. The van der Waals surface area contributed by atoms with E-state index in [9.17, 15) is 0 Å². The van der Waals surface area contributed by atoms with Crippen LogP contribution in [-0.4, -0.2) is 60.4 Å². The molecule has 2 aliphatic rings. The molecular formula is C16H32N2OS. The lowest BCUT2D eigenvalue weighted by molar-refractivity contribution is -0.00851. The lowest BCUT2D eigenvalue weighted by atomic mass is 9.87. The van der Waals surface area contributed by atoms with Gasteiger partial charge in [0, 0.05) is 32.7 Å². The number of ether oxygens (including phenoxy) is 1. The third kappa shape index (κ3) is 4.36. The fourth-order valence-electron chi connectivity index (χ4n) is 3.61. The highest BCUT2D eigenvalue weighted by molar-refractivity contribution is 7.96. The number of nitrogens with zero attached hydrogens (tertiary/aromatic N) is 2. The fourth-order valence-corrected chi connectivity index (χ4v) is 4.14. The van der Waals surface area contributed by atoms with E-state index in [-0.39, 0.29) is 5.60 Å². The van der Waals surface area contributed by atoms with E-state index in [1.807, 2.05) is 11.9 Å². The lowest BCUT2D eigenvalue weighted by Gasteiger charge is -2.34. The summed E-state index contributed by atoms with van der Waals surface area (Å²) in [5, 5.41) is 0. The summed E-state index contributed by atoms with van der Waals surface area (Å²) in [5.74, 6) is 0.757. The van der Waals surface area contributed by atoms with Crippen molar-refractivity contribution in [3.05, 3.63) is 0 Å². The lowest BCUT2D eigenvalue weighted by Crippen LogP contribution is -2.45. The number of hydrogen-bond donors (Lipinski definition) is 0. The van der Waals surface area contributed by atoms with E-state index in [2.05, 4.69) is 29.3 Å². The maximum Gasteiger partial charge on any atom is 0.0684 e. The molecule has 2 fully saturated rings. The van der Waals surface area contributed by atoms with Crippen LogP contribution in [0.5, 0.6) is 0 Å². The second kappa shape index (κ2) is 8.02. The normalized spacial score (nSPS) is 32.9. The third-order valence-electron chi connectivity index (χ3n) is 5.02. The van der Waals surface area contributed by atoms with Gasteiger partial charge < -0.3 is 9.64 Å². The van der Waals surface area contributed by atoms with Crippen LogP contribution < -0.4 is 0 Å². The minimum atomic E-state index is 0.210. The highest BCUT2D eigenvalue weighted by atomic mass is 32.2. The van der Waals surface area contributed by atoms with Crippen LogP contribution in [0.2, 0.25) is 0 Å². The van der Waals surface area contributed by atoms with E-state index >= 15 is 0 Å². The summed E-state index contributed by atoms with van der Waals surface area (Å²) in [6.07, 6.45) is 8.51. The predicted octanol–water partition coefficient (Wildman–Crippen LogP) is 3.26. The van der Waals surface area contributed by atoms with Crippen molar-refractivity contribution in [3.63, 3.8) is 0 Å². The Morgan fingerprint density at radius 2 is 1.95 bits per heavy atom. The molecule has 0 amide bonds. The van der Waals surface area contributed by atoms with Gasteiger partial charge in [0.1, 0.15) is 0 Å². The van der Waals surface area contributed by atoms with E-state index in [0.717, 1.165) is 12.5 Å². The topological polar surface area (TPSA) is 15.7 Å². The summed E-state index contributed by atoms with van der Waals surface area (Å²) < 4.78 is 8.72. The van der Waals surface area contributed by atoms with Crippen LogP contribution in [-0.2, 0) is 4.74 Å². The van der Waals surface area contributed by atoms with Gasteiger partial charge in [-0.25, -0.2) is 4.31 Å². The van der Waals surface area contributed by atoms with Crippen LogP contribution in [0.4, 0.5) is 0 Å². The maximum absolute atomic E-state index is 6.25. The van der Waals surface area contributed by atoms with Crippen LogP contribution in [0.15, 0.2) is 0 Å². The molecule has 0 aromatic heterocycles. The van der Waals surface area contributed by atoms with Crippen LogP contribution in [0.3, 0.4) is 0 Å². The third-order valence-corrected chi connectivity index (χ3v) is 5.90. The van der Waals surface area contributed by atoms with E-state index < -0.39 is 0 Å². The molecule has 2 saturated heterocycles. The second-order valence-electron chi connectivity index (χ2n) is 6.43. The summed E-state index contributed by atoms with van der Waals surface area (Å²) >= 11 is 1.88. The molecule has 3 nitrogen and oxygen atoms in total. The van der Waals surface area contributed by atoms with Crippen molar-refractivity contribution < 1.29 is 4.74 Å². The Labute approximate surface area is 129 Å². The van der Waals surface area contributed by atoms with Crippen LogP contribution in [0.1, 0.15) is 46.0 Å². The predicted molar refractivity (Wildman–Crippen MR) is 88.1 cm³/mol. The van der Waals surface area contributed by atoms with Gasteiger partial charge in [-0.1, -0.05) is 38.6 Å². The highest BCUT2D eigenvalue weighted by Gasteiger charge is 2.38. The van der Waals surface area contributed by atoms with Gasteiger partial charge in [-0.15, -0.1) is 0 Å². The Bertz CT molecular complexity index is 282.